The van der Waals surface area contributed by atoms with Gasteiger partial charge in [0, 0.05) is 6.04 Å². The molecule has 1 aliphatic carbocycles. The van der Waals surface area contributed by atoms with Gasteiger partial charge in [-0.25, -0.2) is 0 Å². The summed E-state index contributed by atoms with van der Waals surface area (Å²) in [4.78, 5) is 2.34. The minimum atomic E-state index is 0.826. The molecule has 0 aliphatic heterocycles. The summed E-state index contributed by atoms with van der Waals surface area (Å²) in [5.41, 5.74) is 5.52. The smallest absolute Gasteiger partial charge is 0.00919 e. The Hall–Kier alpha value is -0.0800. The topological polar surface area (TPSA) is 29.3 Å². The molecule has 1 saturated carbocycles. The maximum absolute atomic E-state index is 5.52. The average molecular weight is 156 g/mol. The molecular formula is C9H20N2. The monoisotopic (exact) mass is 156 g/mol. The maximum atomic E-state index is 5.52. The predicted molar refractivity (Wildman–Crippen MR) is 48.5 cm³/mol. The zero-order valence-corrected chi connectivity index (χ0v) is 7.71. The molecular weight excluding hydrogens is 136 g/mol. The molecule has 2 unspecified atom stereocenters. The SMILES string of the molecule is CN(C)C1CCC(CCN)C1. The third kappa shape index (κ3) is 2.46. The van der Waals surface area contributed by atoms with Crippen molar-refractivity contribution in [3.8, 4) is 0 Å². The van der Waals surface area contributed by atoms with Gasteiger partial charge in [0.15, 0.2) is 0 Å². The van der Waals surface area contributed by atoms with E-state index in [1.165, 1.54) is 25.7 Å². The van der Waals surface area contributed by atoms with Crippen LogP contribution in [0.1, 0.15) is 25.7 Å². The molecule has 66 valence electrons. The molecule has 2 N–H and O–H groups in total. The van der Waals surface area contributed by atoms with E-state index in [0.29, 0.717) is 0 Å². The summed E-state index contributed by atoms with van der Waals surface area (Å²) in [6.07, 6.45) is 5.35. The number of rotatable bonds is 3. The lowest BCUT2D eigenvalue weighted by Crippen LogP contribution is -2.25. The molecule has 0 heterocycles. The van der Waals surface area contributed by atoms with Crippen LogP contribution in [-0.2, 0) is 0 Å². The van der Waals surface area contributed by atoms with Crippen molar-refractivity contribution in [1.29, 1.82) is 0 Å². The summed E-state index contributed by atoms with van der Waals surface area (Å²) in [6, 6.07) is 0.826. The van der Waals surface area contributed by atoms with E-state index in [1.807, 2.05) is 0 Å². The summed E-state index contributed by atoms with van der Waals surface area (Å²) >= 11 is 0. The molecule has 2 atom stereocenters. The van der Waals surface area contributed by atoms with E-state index in [2.05, 4.69) is 19.0 Å². The fourth-order valence-electron chi connectivity index (χ4n) is 2.02. The zero-order chi connectivity index (χ0) is 8.27. The highest BCUT2D eigenvalue weighted by atomic mass is 15.1. The molecule has 0 radical (unpaired) electrons. The van der Waals surface area contributed by atoms with E-state index in [0.717, 1.165) is 18.5 Å². The summed E-state index contributed by atoms with van der Waals surface area (Å²) in [5.74, 6) is 0.910. The van der Waals surface area contributed by atoms with E-state index in [1.54, 1.807) is 0 Å². The highest BCUT2D eigenvalue weighted by Crippen LogP contribution is 2.29. The molecule has 0 bridgehead atoms. The van der Waals surface area contributed by atoms with Gasteiger partial charge < -0.3 is 10.6 Å². The molecule has 1 aliphatic rings. The second kappa shape index (κ2) is 4.07. The van der Waals surface area contributed by atoms with Gasteiger partial charge in [0.05, 0.1) is 0 Å². The summed E-state index contributed by atoms with van der Waals surface area (Å²) < 4.78 is 0. The molecule has 11 heavy (non-hydrogen) atoms. The molecule has 0 aromatic rings. The van der Waals surface area contributed by atoms with Gasteiger partial charge in [0.25, 0.3) is 0 Å². The van der Waals surface area contributed by atoms with Gasteiger partial charge in [0.2, 0.25) is 0 Å². The van der Waals surface area contributed by atoms with Crippen LogP contribution in [0.25, 0.3) is 0 Å². The summed E-state index contributed by atoms with van der Waals surface area (Å²) in [5, 5.41) is 0. The van der Waals surface area contributed by atoms with Crippen LogP contribution < -0.4 is 5.73 Å². The Kier molecular flexibility index (Phi) is 3.34. The van der Waals surface area contributed by atoms with Crippen LogP contribution >= 0.6 is 0 Å². The Balaban J connectivity index is 2.23. The van der Waals surface area contributed by atoms with Crippen molar-refractivity contribution < 1.29 is 0 Å². The van der Waals surface area contributed by atoms with Gasteiger partial charge in [0.1, 0.15) is 0 Å². The minimum Gasteiger partial charge on any atom is -0.330 e. The third-order valence-electron chi connectivity index (χ3n) is 2.82. The quantitative estimate of drug-likeness (QED) is 0.662. The van der Waals surface area contributed by atoms with Crippen LogP contribution in [0.5, 0.6) is 0 Å². The number of nitrogens with two attached hydrogens (primary N) is 1. The van der Waals surface area contributed by atoms with Crippen molar-refractivity contribution in [2.45, 2.75) is 31.7 Å². The Bertz CT molecular complexity index is 112. The van der Waals surface area contributed by atoms with Crippen molar-refractivity contribution in [2.24, 2.45) is 11.7 Å². The Labute approximate surface area is 69.8 Å². The van der Waals surface area contributed by atoms with E-state index >= 15 is 0 Å². The lowest BCUT2D eigenvalue weighted by molar-refractivity contribution is 0.289. The van der Waals surface area contributed by atoms with Crippen molar-refractivity contribution in [3.05, 3.63) is 0 Å². The molecule has 0 spiro atoms. The second-order valence-corrected chi connectivity index (χ2v) is 3.87. The van der Waals surface area contributed by atoms with Crippen LogP contribution in [0.2, 0.25) is 0 Å². The highest BCUT2D eigenvalue weighted by molar-refractivity contribution is 4.80. The van der Waals surface area contributed by atoms with E-state index < -0.39 is 0 Å². The van der Waals surface area contributed by atoms with Crippen LogP contribution in [0.4, 0.5) is 0 Å². The normalized spacial score (nSPS) is 31.6. The first-order valence-corrected chi connectivity index (χ1v) is 4.60. The molecule has 0 saturated heterocycles. The number of hydrogen-bond acceptors (Lipinski definition) is 2. The first-order valence-electron chi connectivity index (χ1n) is 4.60. The Morgan fingerprint density at radius 1 is 1.36 bits per heavy atom. The van der Waals surface area contributed by atoms with Crippen LogP contribution in [0.3, 0.4) is 0 Å². The van der Waals surface area contributed by atoms with Crippen LogP contribution in [0, 0.1) is 5.92 Å². The third-order valence-corrected chi connectivity index (χ3v) is 2.82. The molecule has 2 heteroatoms. The van der Waals surface area contributed by atoms with Crippen LogP contribution in [0.15, 0.2) is 0 Å². The molecule has 1 rings (SSSR count). The van der Waals surface area contributed by atoms with E-state index in [9.17, 15) is 0 Å². The molecule has 0 amide bonds. The molecule has 0 aromatic heterocycles. The fraction of sp³-hybridized carbons (Fsp3) is 1.00. The van der Waals surface area contributed by atoms with Gasteiger partial charge in [-0.05, 0) is 52.2 Å². The van der Waals surface area contributed by atoms with Gasteiger partial charge in [-0.1, -0.05) is 0 Å². The number of hydrogen-bond donors (Lipinski definition) is 1. The Morgan fingerprint density at radius 3 is 2.55 bits per heavy atom. The van der Waals surface area contributed by atoms with Crippen LogP contribution in [-0.4, -0.2) is 31.6 Å². The van der Waals surface area contributed by atoms with Crippen molar-refractivity contribution >= 4 is 0 Å². The minimum absolute atomic E-state index is 0.826. The molecule has 1 fully saturated rings. The first kappa shape index (κ1) is 9.01. The van der Waals surface area contributed by atoms with Crippen molar-refractivity contribution in [1.82, 2.24) is 4.90 Å². The Morgan fingerprint density at radius 2 is 2.09 bits per heavy atom. The van der Waals surface area contributed by atoms with Gasteiger partial charge in [-0.15, -0.1) is 0 Å². The summed E-state index contributed by atoms with van der Waals surface area (Å²) in [7, 11) is 4.35. The highest BCUT2D eigenvalue weighted by Gasteiger charge is 2.24. The molecule has 2 nitrogen and oxygen atoms in total. The van der Waals surface area contributed by atoms with E-state index in [-0.39, 0.29) is 0 Å². The maximum Gasteiger partial charge on any atom is 0.00919 e. The first-order chi connectivity index (χ1) is 5.24. The second-order valence-electron chi connectivity index (χ2n) is 3.87. The standard InChI is InChI=1S/C9H20N2/c1-11(2)9-4-3-8(7-9)5-6-10/h8-9H,3-7,10H2,1-2H3. The summed E-state index contributed by atoms with van der Waals surface area (Å²) in [6.45, 7) is 0.866. The largest absolute Gasteiger partial charge is 0.330 e. The van der Waals surface area contributed by atoms with Gasteiger partial charge in [-0.2, -0.15) is 0 Å². The lowest BCUT2D eigenvalue weighted by Gasteiger charge is -2.18. The zero-order valence-electron chi connectivity index (χ0n) is 7.71. The average Bonchev–Trinajstić information content (AvgIpc) is 2.37. The van der Waals surface area contributed by atoms with Gasteiger partial charge >= 0.3 is 0 Å². The van der Waals surface area contributed by atoms with Crippen molar-refractivity contribution in [2.75, 3.05) is 20.6 Å². The van der Waals surface area contributed by atoms with Crippen molar-refractivity contribution in [3.63, 3.8) is 0 Å². The predicted octanol–water partition coefficient (Wildman–Crippen LogP) is 1.07. The molecule has 0 aromatic carbocycles. The van der Waals surface area contributed by atoms with Gasteiger partial charge in [-0.3, -0.25) is 0 Å². The van der Waals surface area contributed by atoms with E-state index in [4.69, 9.17) is 5.73 Å². The fourth-order valence-corrected chi connectivity index (χ4v) is 2.02. The lowest BCUT2D eigenvalue weighted by atomic mass is 10.0. The number of nitrogens with zero attached hydrogens (tertiary/aromatic N) is 1.